The lowest BCUT2D eigenvalue weighted by atomic mass is 9.72. The fourth-order valence-corrected chi connectivity index (χ4v) is 6.81. The van der Waals surface area contributed by atoms with Gasteiger partial charge in [0.05, 0.1) is 16.7 Å². The van der Waals surface area contributed by atoms with E-state index in [0.29, 0.717) is 11.1 Å². The molecule has 1 atom stereocenters. The van der Waals surface area contributed by atoms with Crippen LogP contribution in [-0.2, 0) is 34.2 Å². The number of ether oxygens (including phenoxy) is 1. The second-order valence-corrected chi connectivity index (χ2v) is 10.5. The maximum absolute atomic E-state index is 13.3. The van der Waals surface area contributed by atoms with Crippen LogP contribution in [-0.4, -0.2) is 45.9 Å². The van der Waals surface area contributed by atoms with Crippen molar-refractivity contribution in [2.75, 3.05) is 20.1 Å². The minimum atomic E-state index is -0.560. The number of cyclic esters (lactones) is 2. The van der Waals surface area contributed by atoms with Gasteiger partial charge in [-0.3, -0.25) is 0 Å². The van der Waals surface area contributed by atoms with E-state index in [-0.39, 0.29) is 5.41 Å². The molecule has 7 rings (SSSR count). The number of nitrogens with zero attached hydrogens (tertiary/aromatic N) is 3. The van der Waals surface area contributed by atoms with Gasteiger partial charge in [0.1, 0.15) is 0 Å². The molecule has 0 bridgehead atoms. The highest BCUT2D eigenvalue weighted by Crippen LogP contribution is 2.48. The summed E-state index contributed by atoms with van der Waals surface area (Å²) < 4.78 is 9.54. The Morgan fingerprint density at radius 1 is 0.914 bits per heavy atom. The van der Waals surface area contributed by atoms with Crippen molar-refractivity contribution in [2.45, 2.75) is 25.7 Å². The first-order valence-electron chi connectivity index (χ1n) is 12.3. The van der Waals surface area contributed by atoms with E-state index < -0.39 is 11.9 Å². The van der Waals surface area contributed by atoms with Gasteiger partial charge in [0, 0.05) is 53.7 Å². The zero-order valence-electron chi connectivity index (χ0n) is 20.0. The summed E-state index contributed by atoms with van der Waals surface area (Å²) >= 11 is 0. The van der Waals surface area contributed by atoms with Crippen molar-refractivity contribution in [3.05, 3.63) is 77.2 Å². The maximum atomic E-state index is 13.3. The number of carbonyl (C=O) groups excluding carboxylic acids is 2. The van der Waals surface area contributed by atoms with Crippen molar-refractivity contribution >= 4 is 39.5 Å². The van der Waals surface area contributed by atoms with E-state index in [1.165, 1.54) is 17.7 Å². The summed E-state index contributed by atoms with van der Waals surface area (Å²) in [6.07, 6.45) is 8.20. The van der Waals surface area contributed by atoms with E-state index in [1.54, 1.807) is 0 Å². The number of fused-ring (bicyclic) bond motifs is 4. The highest BCUT2D eigenvalue weighted by molar-refractivity contribution is 6.46. The van der Waals surface area contributed by atoms with Crippen LogP contribution in [0.3, 0.4) is 0 Å². The van der Waals surface area contributed by atoms with Crippen molar-refractivity contribution < 1.29 is 14.3 Å². The molecule has 0 radical (unpaired) electrons. The number of aryl methyl sites for hydroxylation is 1. The average Bonchev–Trinajstić information content (AvgIpc) is 3.56. The molecule has 5 heterocycles. The van der Waals surface area contributed by atoms with Crippen molar-refractivity contribution in [1.29, 1.82) is 0 Å². The molecule has 0 saturated carbocycles. The van der Waals surface area contributed by atoms with Gasteiger partial charge < -0.3 is 18.6 Å². The van der Waals surface area contributed by atoms with Crippen molar-refractivity contribution in [3.63, 3.8) is 0 Å². The summed E-state index contributed by atoms with van der Waals surface area (Å²) in [4.78, 5) is 28.9. The largest absolute Gasteiger partial charge is 0.386 e. The molecule has 6 heteroatoms. The zero-order chi connectivity index (χ0) is 23.9. The van der Waals surface area contributed by atoms with Crippen LogP contribution in [0.1, 0.15) is 35.2 Å². The summed E-state index contributed by atoms with van der Waals surface area (Å²) in [7, 11) is 4.16. The SMILES string of the molecule is CN1CCC2(CCc3c(C4=C(c5cn(C)c6ccccc56)C(=O)OC4=O)c4ccccn4c3C2)C1. The molecule has 6 nitrogen and oxygen atoms in total. The average molecular weight is 466 g/mol. The first-order chi connectivity index (χ1) is 17.0. The topological polar surface area (TPSA) is 56.0 Å². The Morgan fingerprint density at radius 3 is 2.51 bits per heavy atom. The minimum Gasteiger partial charge on any atom is -0.386 e. The van der Waals surface area contributed by atoms with Crippen LogP contribution in [0.2, 0.25) is 0 Å². The molecule has 35 heavy (non-hydrogen) atoms. The number of benzene rings is 1. The molecule has 0 N–H and O–H groups in total. The molecule has 3 aromatic heterocycles. The normalized spacial score (nSPS) is 22.7. The molecule has 4 aromatic rings. The Kier molecular flexibility index (Phi) is 4.25. The number of hydrogen-bond donors (Lipinski definition) is 0. The molecule has 176 valence electrons. The predicted octanol–water partition coefficient (Wildman–Crippen LogP) is 4.24. The van der Waals surface area contributed by atoms with Crippen LogP contribution >= 0.6 is 0 Å². The van der Waals surface area contributed by atoms with Gasteiger partial charge in [0.15, 0.2) is 0 Å². The van der Waals surface area contributed by atoms with E-state index in [9.17, 15) is 9.59 Å². The summed E-state index contributed by atoms with van der Waals surface area (Å²) in [5.41, 5.74) is 7.15. The first kappa shape index (κ1) is 20.7. The molecular formula is C29H27N3O3. The van der Waals surface area contributed by atoms with Crippen LogP contribution in [0, 0.1) is 5.41 Å². The lowest BCUT2D eigenvalue weighted by Gasteiger charge is -2.34. The van der Waals surface area contributed by atoms with Crippen molar-refractivity contribution in [2.24, 2.45) is 12.5 Å². The summed E-state index contributed by atoms with van der Waals surface area (Å²) in [5, 5.41) is 0.944. The van der Waals surface area contributed by atoms with Crippen LogP contribution < -0.4 is 0 Å². The second kappa shape index (κ2) is 7.18. The van der Waals surface area contributed by atoms with Gasteiger partial charge in [-0.15, -0.1) is 0 Å². The molecule has 1 unspecified atom stereocenters. The van der Waals surface area contributed by atoms with Gasteiger partial charge in [-0.1, -0.05) is 24.3 Å². The Labute approximate surface area is 203 Å². The number of esters is 2. The van der Waals surface area contributed by atoms with Gasteiger partial charge >= 0.3 is 11.9 Å². The predicted molar refractivity (Wildman–Crippen MR) is 135 cm³/mol. The van der Waals surface area contributed by atoms with E-state index in [2.05, 4.69) is 28.6 Å². The highest BCUT2D eigenvalue weighted by atomic mass is 16.6. The third-order valence-electron chi connectivity index (χ3n) is 8.39. The monoisotopic (exact) mass is 465 g/mol. The standard InChI is InChI=1S/C29H27N3O3/c1-30-14-12-29(17-30)11-10-19-23(15-29)32-13-6-5-9-22(32)24(19)26-25(27(33)35-28(26)34)20-16-31(2)21-8-4-3-7-18(20)21/h3-9,13,16H,10-12,14-15,17H2,1-2H3. The number of hydrogen-bond acceptors (Lipinski definition) is 4. The molecule has 1 fully saturated rings. The third kappa shape index (κ3) is 2.86. The highest BCUT2D eigenvalue weighted by Gasteiger charge is 2.44. The first-order valence-corrected chi connectivity index (χ1v) is 12.3. The number of aromatic nitrogens is 2. The number of rotatable bonds is 2. The summed E-state index contributed by atoms with van der Waals surface area (Å²) in [6, 6.07) is 14.1. The number of pyridine rings is 1. The number of para-hydroxylation sites is 1. The van der Waals surface area contributed by atoms with Gasteiger partial charge in [-0.05, 0) is 68.5 Å². The van der Waals surface area contributed by atoms with Gasteiger partial charge in [0.25, 0.3) is 0 Å². The molecule has 0 amide bonds. The molecule has 1 aliphatic carbocycles. The maximum Gasteiger partial charge on any atom is 0.347 e. The van der Waals surface area contributed by atoms with Gasteiger partial charge in [-0.2, -0.15) is 0 Å². The quantitative estimate of drug-likeness (QED) is 0.328. The van der Waals surface area contributed by atoms with Gasteiger partial charge in [-0.25, -0.2) is 9.59 Å². The fourth-order valence-electron chi connectivity index (χ4n) is 6.81. The Hall–Kier alpha value is -3.64. The number of likely N-dealkylation sites (tertiary alicyclic amines) is 1. The van der Waals surface area contributed by atoms with E-state index in [0.717, 1.165) is 59.9 Å². The third-order valence-corrected chi connectivity index (χ3v) is 8.39. The van der Waals surface area contributed by atoms with Crippen LogP contribution in [0.25, 0.3) is 27.6 Å². The van der Waals surface area contributed by atoms with Gasteiger partial charge in [0.2, 0.25) is 0 Å². The van der Waals surface area contributed by atoms with Crippen molar-refractivity contribution in [1.82, 2.24) is 13.9 Å². The molecule has 2 aliphatic heterocycles. The van der Waals surface area contributed by atoms with E-state index >= 15 is 0 Å². The molecule has 1 spiro atoms. The molecular weight excluding hydrogens is 438 g/mol. The Bertz CT molecular complexity index is 1600. The van der Waals surface area contributed by atoms with Crippen molar-refractivity contribution in [3.8, 4) is 0 Å². The van der Waals surface area contributed by atoms with E-state index in [1.807, 2.05) is 54.2 Å². The molecule has 3 aliphatic rings. The van der Waals surface area contributed by atoms with Crippen LogP contribution in [0.15, 0.2) is 54.9 Å². The number of carbonyl (C=O) groups is 2. The summed E-state index contributed by atoms with van der Waals surface area (Å²) in [6.45, 7) is 2.23. The van der Waals surface area contributed by atoms with E-state index in [4.69, 9.17) is 4.74 Å². The smallest absolute Gasteiger partial charge is 0.347 e. The Morgan fingerprint density at radius 2 is 1.69 bits per heavy atom. The molecule has 1 saturated heterocycles. The van der Waals surface area contributed by atoms with Crippen LogP contribution in [0.5, 0.6) is 0 Å². The summed E-state index contributed by atoms with van der Waals surface area (Å²) in [5.74, 6) is -1.10. The lowest BCUT2D eigenvalue weighted by molar-refractivity contribution is -0.149. The lowest BCUT2D eigenvalue weighted by Crippen LogP contribution is -2.32. The zero-order valence-corrected chi connectivity index (χ0v) is 20.0. The van der Waals surface area contributed by atoms with Crippen LogP contribution in [0.4, 0.5) is 0 Å². The second-order valence-electron chi connectivity index (χ2n) is 10.5. The Balaban J connectivity index is 1.51. The minimum absolute atomic E-state index is 0.280. The fraction of sp³-hybridized carbons (Fsp3) is 0.310. The molecule has 1 aromatic carbocycles.